The third-order valence-corrected chi connectivity index (χ3v) is 2.52. The molecule has 0 spiro atoms. The fraction of sp³-hybridized carbons (Fsp3) is 0. The van der Waals surface area contributed by atoms with Crippen LogP contribution in [0.25, 0.3) is 0 Å². The molecule has 3 nitrogen and oxygen atoms in total. The van der Waals surface area contributed by atoms with E-state index in [1.54, 1.807) is 0 Å². The molecule has 0 aromatic heterocycles. The van der Waals surface area contributed by atoms with Gasteiger partial charge in [0.05, 0.1) is 11.4 Å². The van der Waals surface area contributed by atoms with E-state index >= 15 is 0 Å². The van der Waals surface area contributed by atoms with Crippen LogP contribution in [0.5, 0.6) is 0 Å². The molecule has 0 atom stereocenters. The number of rotatable bonds is 2. The zero-order valence-electron chi connectivity index (χ0n) is 9.88. The summed E-state index contributed by atoms with van der Waals surface area (Å²) in [7, 11) is 0. The standard InChI is InChI=1S/C13H8F4N2O/c14-7-2-1-6(3-11(7)18)13(20)19-12-5-9(16)8(15)4-10(12)17/h1-5H,18H2,(H,19,20). The molecule has 0 unspecified atom stereocenters. The average molecular weight is 284 g/mol. The summed E-state index contributed by atoms with van der Waals surface area (Å²) in [4.78, 5) is 11.8. The van der Waals surface area contributed by atoms with Gasteiger partial charge < -0.3 is 11.1 Å². The van der Waals surface area contributed by atoms with E-state index in [1.807, 2.05) is 5.32 Å². The number of carbonyl (C=O) groups is 1. The van der Waals surface area contributed by atoms with Gasteiger partial charge in [-0.05, 0) is 18.2 Å². The monoisotopic (exact) mass is 284 g/mol. The topological polar surface area (TPSA) is 55.1 Å². The lowest BCUT2D eigenvalue weighted by Crippen LogP contribution is -2.14. The first-order valence-electron chi connectivity index (χ1n) is 5.39. The largest absolute Gasteiger partial charge is 0.396 e. The van der Waals surface area contributed by atoms with Crippen molar-refractivity contribution in [3.8, 4) is 0 Å². The van der Waals surface area contributed by atoms with Crippen molar-refractivity contribution < 1.29 is 22.4 Å². The number of nitrogen functional groups attached to an aromatic ring is 1. The van der Waals surface area contributed by atoms with Gasteiger partial charge in [0.2, 0.25) is 0 Å². The first-order chi connectivity index (χ1) is 9.38. The first-order valence-corrected chi connectivity index (χ1v) is 5.39. The number of nitrogens with two attached hydrogens (primary N) is 1. The Morgan fingerprint density at radius 3 is 2.20 bits per heavy atom. The number of benzene rings is 2. The quantitative estimate of drug-likeness (QED) is 0.506. The molecule has 0 aliphatic heterocycles. The number of hydrogen-bond acceptors (Lipinski definition) is 2. The maximum absolute atomic E-state index is 13.3. The summed E-state index contributed by atoms with van der Waals surface area (Å²) >= 11 is 0. The second-order valence-electron chi connectivity index (χ2n) is 3.94. The Labute approximate surface area is 111 Å². The van der Waals surface area contributed by atoms with E-state index in [4.69, 9.17) is 5.73 Å². The number of nitrogens with one attached hydrogen (secondary N) is 1. The van der Waals surface area contributed by atoms with E-state index in [9.17, 15) is 22.4 Å². The van der Waals surface area contributed by atoms with Gasteiger partial charge in [0.1, 0.15) is 11.6 Å². The van der Waals surface area contributed by atoms with Crippen LogP contribution < -0.4 is 11.1 Å². The third kappa shape index (κ3) is 2.71. The van der Waals surface area contributed by atoms with Crippen LogP contribution in [0.3, 0.4) is 0 Å². The molecule has 3 N–H and O–H groups in total. The van der Waals surface area contributed by atoms with E-state index in [1.165, 1.54) is 0 Å². The Kier molecular flexibility index (Phi) is 3.60. The summed E-state index contributed by atoms with van der Waals surface area (Å²) in [6.45, 7) is 0. The molecule has 0 heterocycles. The zero-order valence-corrected chi connectivity index (χ0v) is 9.88. The van der Waals surface area contributed by atoms with Crippen LogP contribution in [-0.2, 0) is 0 Å². The number of halogens is 4. The molecular formula is C13H8F4N2O. The number of amides is 1. The van der Waals surface area contributed by atoms with Crippen LogP contribution in [-0.4, -0.2) is 5.91 Å². The van der Waals surface area contributed by atoms with Gasteiger partial charge in [-0.15, -0.1) is 0 Å². The van der Waals surface area contributed by atoms with E-state index in [2.05, 4.69) is 0 Å². The van der Waals surface area contributed by atoms with Gasteiger partial charge >= 0.3 is 0 Å². The Hall–Kier alpha value is -2.57. The predicted octanol–water partition coefficient (Wildman–Crippen LogP) is 3.08. The van der Waals surface area contributed by atoms with E-state index in [0.29, 0.717) is 12.1 Å². The Balaban J connectivity index is 2.27. The Morgan fingerprint density at radius 1 is 0.900 bits per heavy atom. The number of anilines is 2. The summed E-state index contributed by atoms with van der Waals surface area (Å²) in [5.41, 5.74) is 4.45. The van der Waals surface area contributed by atoms with Crippen molar-refractivity contribution in [1.29, 1.82) is 0 Å². The average Bonchev–Trinajstić information content (AvgIpc) is 2.39. The van der Waals surface area contributed by atoms with Crippen LogP contribution in [0.15, 0.2) is 30.3 Å². The molecule has 2 aromatic carbocycles. The van der Waals surface area contributed by atoms with Crippen molar-refractivity contribution in [2.45, 2.75) is 0 Å². The zero-order chi connectivity index (χ0) is 14.9. The van der Waals surface area contributed by atoms with Gasteiger partial charge in [0, 0.05) is 17.7 Å². The molecule has 0 saturated carbocycles. The molecule has 2 aromatic rings. The lowest BCUT2D eigenvalue weighted by atomic mass is 10.1. The molecule has 20 heavy (non-hydrogen) atoms. The van der Waals surface area contributed by atoms with Crippen molar-refractivity contribution in [1.82, 2.24) is 0 Å². The summed E-state index contributed by atoms with van der Waals surface area (Å²) < 4.78 is 52.0. The van der Waals surface area contributed by atoms with E-state index in [0.717, 1.165) is 18.2 Å². The van der Waals surface area contributed by atoms with Crippen molar-refractivity contribution in [3.05, 3.63) is 59.2 Å². The summed E-state index contributed by atoms with van der Waals surface area (Å²) in [6.07, 6.45) is 0. The molecular weight excluding hydrogens is 276 g/mol. The van der Waals surface area contributed by atoms with Crippen LogP contribution in [0.1, 0.15) is 10.4 Å². The van der Waals surface area contributed by atoms with Gasteiger partial charge in [-0.1, -0.05) is 0 Å². The van der Waals surface area contributed by atoms with E-state index in [-0.39, 0.29) is 11.3 Å². The minimum atomic E-state index is -1.37. The minimum Gasteiger partial charge on any atom is -0.396 e. The van der Waals surface area contributed by atoms with Crippen LogP contribution in [0, 0.1) is 23.3 Å². The smallest absolute Gasteiger partial charge is 0.255 e. The summed E-state index contributed by atoms with van der Waals surface area (Å²) in [5, 5.41) is 2.04. The highest BCUT2D eigenvalue weighted by atomic mass is 19.2. The molecule has 7 heteroatoms. The Morgan fingerprint density at radius 2 is 1.55 bits per heavy atom. The molecule has 2 rings (SSSR count). The lowest BCUT2D eigenvalue weighted by Gasteiger charge is -2.08. The maximum Gasteiger partial charge on any atom is 0.255 e. The lowest BCUT2D eigenvalue weighted by molar-refractivity contribution is 0.102. The van der Waals surface area contributed by atoms with Crippen molar-refractivity contribution in [2.75, 3.05) is 11.1 Å². The Bertz CT molecular complexity index is 688. The molecule has 0 fully saturated rings. The molecule has 0 aliphatic carbocycles. The maximum atomic E-state index is 13.3. The van der Waals surface area contributed by atoms with Crippen LogP contribution in [0.4, 0.5) is 28.9 Å². The van der Waals surface area contributed by atoms with Crippen LogP contribution >= 0.6 is 0 Å². The number of carbonyl (C=O) groups excluding carboxylic acids is 1. The van der Waals surface area contributed by atoms with Crippen LogP contribution in [0.2, 0.25) is 0 Å². The normalized spacial score (nSPS) is 10.4. The van der Waals surface area contributed by atoms with E-state index < -0.39 is 34.9 Å². The van der Waals surface area contributed by atoms with Gasteiger partial charge in [-0.25, -0.2) is 17.6 Å². The fourth-order valence-electron chi connectivity index (χ4n) is 1.50. The van der Waals surface area contributed by atoms with Gasteiger partial charge in [0.25, 0.3) is 5.91 Å². The second-order valence-corrected chi connectivity index (χ2v) is 3.94. The van der Waals surface area contributed by atoms with Crippen molar-refractivity contribution >= 4 is 17.3 Å². The molecule has 0 bridgehead atoms. The highest BCUT2D eigenvalue weighted by molar-refractivity contribution is 6.04. The summed E-state index contributed by atoms with van der Waals surface area (Å²) in [5.74, 6) is -5.35. The van der Waals surface area contributed by atoms with Gasteiger partial charge in [0.15, 0.2) is 11.6 Å². The van der Waals surface area contributed by atoms with Gasteiger partial charge in [-0.2, -0.15) is 0 Å². The number of hydrogen-bond donors (Lipinski definition) is 2. The third-order valence-electron chi connectivity index (χ3n) is 2.52. The SMILES string of the molecule is Nc1cc(C(=O)Nc2cc(F)c(F)cc2F)ccc1F. The molecule has 1 amide bonds. The van der Waals surface area contributed by atoms with Gasteiger partial charge in [-0.3, -0.25) is 4.79 Å². The highest BCUT2D eigenvalue weighted by Gasteiger charge is 2.14. The van der Waals surface area contributed by atoms with Crippen molar-refractivity contribution in [2.24, 2.45) is 0 Å². The predicted molar refractivity (Wildman–Crippen MR) is 65.1 cm³/mol. The second kappa shape index (κ2) is 5.20. The first kappa shape index (κ1) is 13.9. The highest BCUT2D eigenvalue weighted by Crippen LogP contribution is 2.20. The molecule has 104 valence electrons. The molecule has 0 saturated heterocycles. The fourth-order valence-corrected chi connectivity index (χ4v) is 1.50. The minimum absolute atomic E-state index is 0.0481. The van der Waals surface area contributed by atoms with Crippen molar-refractivity contribution in [3.63, 3.8) is 0 Å². The summed E-state index contributed by atoms with van der Waals surface area (Å²) in [6, 6.07) is 3.95. The molecule has 0 aliphatic rings. The molecule has 0 radical (unpaired) electrons.